The van der Waals surface area contributed by atoms with Crippen LogP contribution in [0, 0.1) is 20.8 Å². The summed E-state index contributed by atoms with van der Waals surface area (Å²) >= 11 is 2.96. The Morgan fingerprint density at radius 3 is 2.88 bits per heavy atom. The van der Waals surface area contributed by atoms with E-state index < -0.39 is 0 Å². The van der Waals surface area contributed by atoms with E-state index in [2.05, 4.69) is 25.5 Å². The molecule has 124 valence electrons. The smallest absolute Gasteiger partial charge is 0.259 e. The number of fused-ring (bicyclic) bond motifs is 1. The molecule has 0 radical (unpaired) electrons. The van der Waals surface area contributed by atoms with Crippen molar-refractivity contribution in [2.75, 3.05) is 0 Å². The van der Waals surface area contributed by atoms with Gasteiger partial charge in [-0.2, -0.15) is 5.10 Å². The summed E-state index contributed by atoms with van der Waals surface area (Å²) in [6.45, 7) is 5.74. The van der Waals surface area contributed by atoms with Gasteiger partial charge in [0.1, 0.15) is 10.7 Å². The van der Waals surface area contributed by atoms with Gasteiger partial charge < -0.3 is 4.98 Å². The van der Waals surface area contributed by atoms with Crippen molar-refractivity contribution in [1.82, 2.24) is 20.4 Å². The summed E-state index contributed by atoms with van der Waals surface area (Å²) in [5.41, 5.74) is 3.82. The fraction of sp³-hybridized carbons (Fsp3) is 0.267. The number of thiazole rings is 1. The quantitative estimate of drug-likeness (QED) is 0.549. The maximum absolute atomic E-state index is 12.2. The molecule has 0 atom stereocenters. The van der Waals surface area contributed by atoms with E-state index in [0.29, 0.717) is 21.7 Å². The monoisotopic (exact) mass is 361 g/mol. The summed E-state index contributed by atoms with van der Waals surface area (Å²) in [6, 6.07) is 0. The lowest BCUT2D eigenvalue weighted by Crippen LogP contribution is -2.23. The number of hydrazone groups is 1. The Morgan fingerprint density at radius 1 is 1.38 bits per heavy atom. The largest absolute Gasteiger partial charge is 0.309 e. The zero-order chi connectivity index (χ0) is 17.3. The molecule has 7 nitrogen and oxygen atoms in total. The van der Waals surface area contributed by atoms with E-state index in [-0.39, 0.29) is 17.9 Å². The number of aryl methyl sites for hydroxylation is 3. The van der Waals surface area contributed by atoms with Gasteiger partial charge in [0.25, 0.3) is 5.56 Å². The number of H-pyrrole nitrogens is 1. The van der Waals surface area contributed by atoms with Crippen molar-refractivity contribution >= 4 is 45.0 Å². The number of rotatable bonds is 4. The first kappa shape index (κ1) is 16.5. The molecule has 0 saturated heterocycles. The average Bonchev–Trinajstić information content (AvgIpc) is 3.03. The Labute approximate surface area is 145 Å². The third-order valence-electron chi connectivity index (χ3n) is 3.44. The molecule has 0 saturated carbocycles. The van der Waals surface area contributed by atoms with Gasteiger partial charge in [0.15, 0.2) is 0 Å². The van der Waals surface area contributed by atoms with Crippen LogP contribution in [0.2, 0.25) is 0 Å². The first-order valence-corrected chi connectivity index (χ1v) is 8.86. The van der Waals surface area contributed by atoms with Crippen molar-refractivity contribution in [3.63, 3.8) is 0 Å². The molecule has 3 aromatic rings. The number of nitrogens with zero attached hydrogens (tertiary/aromatic N) is 3. The molecular weight excluding hydrogens is 346 g/mol. The molecule has 0 fully saturated rings. The van der Waals surface area contributed by atoms with Gasteiger partial charge in [0, 0.05) is 10.3 Å². The normalized spacial score (nSPS) is 11.5. The van der Waals surface area contributed by atoms with Gasteiger partial charge in [-0.3, -0.25) is 9.59 Å². The van der Waals surface area contributed by atoms with Crippen molar-refractivity contribution < 1.29 is 4.79 Å². The number of aromatic nitrogens is 3. The number of thiophene rings is 1. The maximum atomic E-state index is 12.2. The number of amides is 1. The van der Waals surface area contributed by atoms with Crippen LogP contribution in [0.3, 0.4) is 0 Å². The fourth-order valence-corrected chi connectivity index (χ4v) is 3.80. The van der Waals surface area contributed by atoms with E-state index in [4.69, 9.17) is 0 Å². The van der Waals surface area contributed by atoms with E-state index in [0.717, 1.165) is 15.4 Å². The first-order valence-electron chi connectivity index (χ1n) is 7.17. The molecule has 0 aliphatic rings. The number of nitrogens with one attached hydrogen (secondary N) is 2. The second-order valence-corrected chi connectivity index (χ2v) is 7.50. The summed E-state index contributed by atoms with van der Waals surface area (Å²) in [5, 5.41) is 7.23. The minimum absolute atomic E-state index is 0.0470. The highest BCUT2D eigenvalue weighted by molar-refractivity contribution is 7.18. The van der Waals surface area contributed by atoms with Crippen molar-refractivity contribution in [2.45, 2.75) is 27.2 Å². The fourth-order valence-electron chi connectivity index (χ4n) is 2.18. The molecule has 3 rings (SSSR count). The molecule has 1 amide bonds. The molecule has 0 aromatic carbocycles. The molecule has 0 aliphatic carbocycles. The van der Waals surface area contributed by atoms with Crippen molar-refractivity contribution in [2.24, 2.45) is 5.10 Å². The Balaban J connectivity index is 1.71. The SMILES string of the molecule is Cc1nc(/C=N\NC(=O)Cc2nc3sc(C)c(C)c3c(=O)[nH]2)cs1. The molecule has 9 heteroatoms. The molecule has 0 unspecified atom stereocenters. The first-order chi connectivity index (χ1) is 11.4. The van der Waals surface area contributed by atoms with E-state index >= 15 is 0 Å². The van der Waals surface area contributed by atoms with Gasteiger partial charge in [-0.1, -0.05) is 0 Å². The minimum atomic E-state index is -0.356. The predicted molar refractivity (Wildman–Crippen MR) is 96.0 cm³/mol. The number of aromatic amines is 1. The van der Waals surface area contributed by atoms with Gasteiger partial charge in [-0.15, -0.1) is 22.7 Å². The molecular formula is C15H15N5O2S2. The van der Waals surface area contributed by atoms with Crippen LogP contribution in [0.15, 0.2) is 15.3 Å². The van der Waals surface area contributed by atoms with E-state index in [1.54, 1.807) is 0 Å². The van der Waals surface area contributed by atoms with E-state index in [1.165, 1.54) is 28.9 Å². The van der Waals surface area contributed by atoms with Gasteiger partial charge in [0.2, 0.25) is 5.91 Å². The van der Waals surface area contributed by atoms with E-state index in [9.17, 15) is 9.59 Å². The van der Waals surface area contributed by atoms with Crippen LogP contribution < -0.4 is 11.0 Å². The van der Waals surface area contributed by atoms with Gasteiger partial charge in [-0.05, 0) is 26.3 Å². The summed E-state index contributed by atoms with van der Waals surface area (Å²) in [4.78, 5) is 37.0. The summed E-state index contributed by atoms with van der Waals surface area (Å²) in [6.07, 6.45) is 1.43. The van der Waals surface area contributed by atoms with Crippen LogP contribution in [-0.4, -0.2) is 27.1 Å². The zero-order valence-corrected chi connectivity index (χ0v) is 15.0. The topological polar surface area (TPSA) is 100 Å². The second-order valence-electron chi connectivity index (χ2n) is 5.24. The third kappa shape index (κ3) is 3.41. The minimum Gasteiger partial charge on any atom is -0.309 e. The molecule has 0 bridgehead atoms. The molecule has 24 heavy (non-hydrogen) atoms. The molecule has 3 heterocycles. The number of hydrogen-bond donors (Lipinski definition) is 2. The second kappa shape index (κ2) is 6.62. The zero-order valence-electron chi connectivity index (χ0n) is 13.3. The summed E-state index contributed by atoms with van der Waals surface area (Å²) in [7, 11) is 0. The maximum Gasteiger partial charge on any atom is 0.259 e. The van der Waals surface area contributed by atoms with E-state index in [1.807, 2.05) is 26.2 Å². The predicted octanol–water partition coefficient (Wildman–Crippen LogP) is 2.06. The van der Waals surface area contributed by atoms with Crippen LogP contribution in [0.5, 0.6) is 0 Å². The van der Waals surface area contributed by atoms with Gasteiger partial charge in [0.05, 0.1) is 28.7 Å². The standard InChI is InChI=1S/C15H15N5O2S2/c1-7-8(2)24-15-13(7)14(22)18-11(19-15)4-12(21)20-16-5-10-6-23-9(3)17-10/h5-6H,4H2,1-3H3,(H,20,21)(H,18,19,22)/b16-5-. The summed E-state index contributed by atoms with van der Waals surface area (Å²) in [5.74, 6) is -0.0309. The molecule has 0 aliphatic heterocycles. The lowest BCUT2D eigenvalue weighted by atomic mass is 10.2. The van der Waals surface area contributed by atoms with Crippen LogP contribution >= 0.6 is 22.7 Å². The Bertz CT molecular complexity index is 999. The number of carbonyl (C=O) groups excluding carboxylic acids is 1. The lowest BCUT2D eigenvalue weighted by Gasteiger charge is -2.00. The molecule has 0 spiro atoms. The van der Waals surface area contributed by atoms with Crippen LogP contribution in [0.4, 0.5) is 0 Å². The highest BCUT2D eigenvalue weighted by atomic mass is 32.1. The Morgan fingerprint density at radius 2 is 2.17 bits per heavy atom. The highest BCUT2D eigenvalue weighted by Gasteiger charge is 2.13. The Hall–Kier alpha value is -2.39. The van der Waals surface area contributed by atoms with Gasteiger partial charge in [-0.25, -0.2) is 15.4 Å². The van der Waals surface area contributed by atoms with Crippen molar-refractivity contribution in [1.29, 1.82) is 0 Å². The summed E-state index contributed by atoms with van der Waals surface area (Å²) < 4.78 is 0. The van der Waals surface area contributed by atoms with Crippen LogP contribution in [-0.2, 0) is 11.2 Å². The Kier molecular flexibility index (Phi) is 4.54. The number of carbonyl (C=O) groups is 1. The van der Waals surface area contributed by atoms with Gasteiger partial charge >= 0.3 is 0 Å². The third-order valence-corrected chi connectivity index (χ3v) is 5.33. The molecule has 3 aromatic heterocycles. The number of hydrogen-bond acceptors (Lipinski definition) is 7. The van der Waals surface area contributed by atoms with Crippen molar-refractivity contribution in [3.05, 3.63) is 42.7 Å². The lowest BCUT2D eigenvalue weighted by molar-refractivity contribution is -0.120. The van der Waals surface area contributed by atoms with Crippen LogP contribution in [0.1, 0.15) is 27.0 Å². The van der Waals surface area contributed by atoms with Crippen molar-refractivity contribution in [3.8, 4) is 0 Å². The highest BCUT2D eigenvalue weighted by Crippen LogP contribution is 2.25. The van der Waals surface area contributed by atoms with Crippen LogP contribution in [0.25, 0.3) is 10.2 Å². The average molecular weight is 361 g/mol. The molecule has 2 N–H and O–H groups in total.